The third kappa shape index (κ3) is 6.06. The molecule has 0 bridgehead atoms. The van der Waals surface area contributed by atoms with Gasteiger partial charge in [0.15, 0.2) is 46.0 Å². The molecule has 6 aliphatic rings. The lowest BCUT2D eigenvalue weighted by molar-refractivity contribution is -0.142. The molecule has 0 spiro atoms. The normalized spacial score (nSPS) is 24.7. The first-order chi connectivity index (χ1) is 29.1. The number of esters is 2. The van der Waals surface area contributed by atoms with Gasteiger partial charge in [0.1, 0.15) is 0 Å². The zero-order valence-corrected chi connectivity index (χ0v) is 33.7. The summed E-state index contributed by atoms with van der Waals surface area (Å²) in [6.07, 6.45) is -0.320. The molecule has 4 heterocycles. The highest BCUT2D eigenvalue weighted by atomic mass is 16.7. The molecule has 0 saturated carbocycles. The molecule has 0 amide bonds. The van der Waals surface area contributed by atoms with E-state index in [1.807, 2.05) is 36.4 Å². The Morgan fingerprint density at radius 3 is 1.60 bits per heavy atom. The average molecular weight is 829 g/mol. The third-order valence-electron chi connectivity index (χ3n) is 12.4. The summed E-state index contributed by atoms with van der Waals surface area (Å²) in [6.45, 7) is 0.658. The van der Waals surface area contributed by atoms with Crippen molar-refractivity contribution in [2.24, 2.45) is 23.7 Å². The lowest BCUT2D eigenvalue weighted by Gasteiger charge is -2.37. The van der Waals surface area contributed by atoms with Gasteiger partial charge in [-0.25, -0.2) is 0 Å². The molecule has 7 unspecified atom stereocenters. The van der Waals surface area contributed by atoms with Crippen LogP contribution in [0.1, 0.15) is 51.3 Å². The highest BCUT2D eigenvalue weighted by molar-refractivity contribution is 5.80. The van der Waals surface area contributed by atoms with Crippen LogP contribution in [-0.2, 0) is 25.5 Å². The van der Waals surface area contributed by atoms with E-state index in [2.05, 4.69) is 0 Å². The van der Waals surface area contributed by atoms with Crippen LogP contribution in [0.15, 0.2) is 42.5 Å². The number of aromatic hydroxyl groups is 1. The van der Waals surface area contributed by atoms with Crippen molar-refractivity contribution in [2.45, 2.75) is 24.4 Å². The minimum atomic E-state index is -0.843. The van der Waals surface area contributed by atoms with Crippen molar-refractivity contribution in [3.05, 3.63) is 75.8 Å². The molecule has 2 fully saturated rings. The van der Waals surface area contributed by atoms with Gasteiger partial charge in [0.25, 0.3) is 0 Å². The van der Waals surface area contributed by atoms with E-state index in [1.54, 1.807) is 41.6 Å². The van der Waals surface area contributed by atoms with E-state index in [9.17, 15) is 19.8 Å². The van der Waals surface area contributed by atoms with E-state index in [-0.39, 0.29) is 67.5 Å². The number of benzene rings is 4. The first-order valence-corrected chi connectivity index (χ1v) is 19.3. The van der Waals surface area contributed by atoms with Crippen LogP contribution in [0.2, 0.25) is 0 Å². The Balaban J connectivity index is 0.000000154. The number of phenols is 1. The summed E-state index contributed by atoms with van der Waals surface area (Å²) in [4.78, 5) is 25.5. The number of phenolic OH excluding ortho intramolecular Hbond substituents is 1. The topological polar surface area (TPSA) is 185 Å². The molecule has 316 valence electrons. The number of rotatable bonds is 8. The summed E-state index contributed by atoms with van der Waals surface area (Å²) in [7, 11) is 9.27. The van der Waals surface area contributed by atoms with E-state index in [0.717, 1.165) is 27.8 Å². The smallest absolute Gasteiger partial charge is 0.310 e. The van der Waals surface area contributed by atoms with Crippen LogP contribution in [0.4, 0.5) is 0 Å². The van der Waals surface area contributed by atoms with Gasteiger partial charge in [-0.2, -0.15) is 0 Å². The summed E-state index contributed by atoms with van der Waals surface area (Å²) < 4.78 is 65.8. The Morgan fingerprint density at radius 1 is 0.550 bits per heavy atom. The number of aliphatic hydroxyl groups is 1. The average Bonchev–Trinajstić information content (AvgIpc) is 4.10. The van der Waals surface area contributed by atoms with Gasteiger partial charge in [-0.1, -0.05) is 0 Å². The van der Waals surface area contributed by atoms with E-state index < -0.39 is 12.0 Å². The van der Waals surface area contributed by atoms with Crippen LogP contribution in [0.3, 0.4) is 0 Å². The summed E-state index contributed by atoms with van der Waals surface area (Å²) >= 11 is 0. The van der Waals surface area contributed by atoms with Gasteiger partial charge in [0, 0.05) is 29.2 Å². The second-order valence-corrected chi connectivity index (χ2v) is 15.1. The van der Waals surface area contributed by atoms with Crippen molar-refractivity contribution in [1.82, 2.24) is 0 Å². The molecule has 4 aromatic rings. The number of methoxy groups -OCH3 is 6. The van der Waals surface area contributed by atoms with Gasteiger partial charge in [0.05, 0.1) is 73.8 Å². The maximum Gasteiger partial charge on any atom is 0.310 e. The van der Waals surface area contributed by atoms with Gasteiger partial charge < -0.3 is 67.1 Å². The lowest BCUT2D eigenvalue weighted by atomic mass is 9.66. The fraction of sp³-hybridized carbons (Fsp3) is 0.409. The summed E-state index contributed by atoms with van der Waals surface area (Å²) in [6, 6.07) is 12.8. The molecule has 16 nitrogen and oxygen atoms in total. The molecule has 2 aliphatic carbocycles. The van der Waals surface area contributed by atoms with E-state index >= 15 is 0 Å². The number of cyclic esters (lactones) is 2. The van der Waals surface area contributed by atoms with Gasteiger partial charge in [-0.05, 0) is 76.7 Å². The summed E-state index contributed by atoms with van der Waals surface area (Å²) in [5.41, 5.74) is 4.66. The van der Waals surface area contributed by atoms with Crippen LogP contribution in [-0.4, -0.2) is 91.6 Å². The van der Waals surface area contributed by atoms with Gasteiger partial charge in [-0.3, -0.25) is 9.59 Å². The lowest BCUT2D eigenvalue weighted by Crippen LogP contribution is -2.34. The molecule has 16 heteroatoms. The molecule has 0 radical (unpaired) electrons. The minimum Gasteiger partial charge on any atom is -0.504 e. The molecular weight excluding hydrogens is 784 g/mol. The number of hydrogen-bond acceptors (Lipinski definition) is 16. The molecule has 4 aromatic carbocycles. The molecule has 0 aromatic heterocycles. The van der Waals surface area contributed by atoms with Crippen LogP contribution in [0.25, 0.3) is 0 Å². The highest BCUT2D eigenvalue weighted by Crippen LogP contribution is 2.57. The molecule has 7 atom stereocenters. The molecule has 4 aliphatic heterocycles. The number of carbonyl (C=O) groups is 2. The fourth-order valence-corrected chi connectivity index (χ4v) is 9.69. The van der Waals surface area contributed by atoms with Crippen molar-refractivity contribution in [3.8, 4) is 63.2 Å². The van der Waals surface area contributed by atoms with Crippen LogP contribution in [0.5, 0.6) is 63.2 Å². The van der Waals surface area contributed by atoms with Crippen LogP contribution >= 0.6 is 0 Å². The van der Waals surface area contributed by atoms with E-state index in [4.69, 9.17) is 56.8 Å². The summed E-state index contributed by atoms with van der Waals surface area (Å²) in [5.74, 6) is 2.26. The minimum absolute atomic E-state index is 0.0511. The van der Waals surface area contributed by atoms with Crippen molar-refractivity contribution in [2.75, 3.05) is 69.5 Å². The standard InChI is InChI=1S/2C22H22O8/c1-25-14-5-10(6-15(26-2)20(14)27-3)17-12-7-16-21(30-9-29-16)19(23)13(12)4-11-8-28-22(24)18(11)17;1-25-16-4-10(5-17(26-2)21(16)27-3)18-11-6-14-15(30-9-29-14)7-12(11)20(23)13-8-28-22(24)19(13)18/h5-7,11,17-18,23H,4,8-9H2,1-3H3;4-7,13,18-20,23H,8-9H2,1-3H3. The Morgan fingerprint density at radius 2 is 1.03 bits per heavy atom. The second-order valence-electron chi connectivity index (χ2n) is 15.1. The van der Waals surface area contributed by atoms with Crippen molar-refractivity contribution >= 4 is 11.9 Å². The fourth-order valence-electron chi connectivity index (χ4n) is 9.69. The van der Waals surface area contributed by atoms with Crippen LogP contribution < -0.4 is 47.4 Å². The SMILES string of the molecule is COc1cc(C2c3cc4c(c(O)c3CC3COC(=O)C32)OCO4)cc(OC)c1OC.COc1cc(C2c3cc4c(cc3C(O)C3COC(=O)C23)OCO4)cc(OC)c1OC. The van der Waals surface area contributed by atoms with Gasteiger partial charge in [-0.15, -0.1) is 0 Å². The van der Waals surface area contributed by atoms with Crippen LogP contribution in [0, 0.1) is 23.7 Å². The van der Waals surface area contributed by atoms with Crippen molar-refractivity contribution < 1.29 is 76.6 Å². The Kier molecular flexibility index (Phi) is 9.97. The third-order valence-corrected chi connectivity index (χ3v) is 12.4. The largest absolute Gasteiger partial charge is 0.504 e. The highest BCUT2D eigenvalue weighted by Gasteiger charge is 2.53. The molecule has 10 rings (SSSR count). The Bertz CT molecular complexity index is 2320. The first-order valence-electron chi connectivity index (χ1n) is 19.3. The Labute approximate surface area is 344 Å². The van der Waals surface area contributed by atoms with E-state index in [0.29, 0.717) is 76.1 Å². The summed E-state index contributed by atoms with van der Waals surface area (Å²) in [5, 5.41) is 21.9. The molecule has 60 heavy (non-hydrogen) atoms. The number of fused-ring (bicyclic) bond motifs is 6. The van der Waals surface area contributed by atoms with Crippen molar-refractivity contribution in [3.63, 3.8) is 0 Å². The monoisotopic (exact) mass is 828 g/mol. The number of hydrogen-bond donors (Lipinski definition) is 2. The maximum absolute atomic E-state index is 12.7. The van der Waals surface area contributed by atoms with Gasteiger partial charge >= 0.3 is 11.9 Å². The predicted octanol–water partition coefficient (Wildman–Crippen LogP) is 5.03. The zero-order chi connectivity index (χ0) is 42.0. The molecule has 2 saturated heterocycles. The quantitative estimate of drug-likeness (QED) is 0.225. The number of carbonyl (C=O) groups excluding carboxylic acids is 2. The maximum atomic E-state index is 12.7. The predicted molar refractivity (Wildman–Crippen MR) is 207 cm³/mol. The number of aliphatic hydroxyl groups excluding tert-OH is 1. The van der Waals surface area contributed by atoms with Gasteiger partial charge in [0.2, 0.25) is 30.8 Å². The Hall–Kier alpha value is -6.42. The van der Waals surface area contributed by atoms with Crippen molar-refractivity contribution in [1.29, 1.82) is 0 Å². The zero-order valence-electron chi connectivity index (χ0n) is 33.7. The molecular formula is C44H44O16. The number of ether oxygens (including phenoxy) is 12. The molecule has 2 N–H and O–H groups in total. The first kappa shape index (κ1) is 39.1. The second kappa shape index (κ2) is 15.3. The van der Waals surface area contributed by atoms with E-state index in [1.165, 1.54) is 7.11 Å².